The molecule has 136 valence electrons. The highest BCUT2D eigenvalue weighted by Crippen LogP contribution is 2.47. The van der Waals surface area contributed by atoms with Gasteiger partial charge < -0.3 is 15.0 Å². The van der Waals surface area contributed by atoms with Gasteiger partial charge in [-0.15, -0.1) is 0 Å². The van der Waals surface area contributed by atoms with E-state index in [2.05, 4.69) is 9.97 Å². The van der Waals surface area contributed by atoms with Crippen molar-refractivity contribution in [2.75, 3.05) is 6.54 Å². The molecule has 1 aromatic carbocycles. The van der Waals surface area contributed by atoms with E-state index in [-0.39, 0.29) is 29.1 Å². The van der Waals surface area contributed by atoms with E-state index in [0.29, 0.717) is 13.0 Å². The fourth-order valence-corrected chi connectivity index (χ4v) is 4.63. The Kier molecular flexibility index (Phi) is 4.36. The van der Waals surface area contributed by atoms with Crippen molar-refractivity contribution in [2.45, 2.75) is 43.7 Å². The van der Waals surface area contributed by atoms with E-state index in [1.54, 1.807) is 0 Å². The maximum atomic E-state index is 13.0. The van der Waals surface area contributed by atoms with Crippen LogP contribution >= 0.6 is 0 Å². The van der Waals surface area contributed by atoms with E-state index < -0.39 is 5.60 Å². The van der Waals surface area contributed by atoms with Crippen molar-refractivity contribution in [3.63, 3.8) is 0 Å². The number of likely N-dealkylation sites (tertiary alicyclic amines) is 1. The topological polar surface area (TPSA) is 86.3 Å². The predicted molar refractivity (Wildman–Crippen MR) is 96.6 cm³/mol. The van der Waals surface area contributed by atoms with Crippen LogP contribution in [0.3, 0.4) is 0 Å². The van der Waals surface area contributed by atoms with Gasteiger partial charge in [0.05, 0.1) is 11.8 Å². The van der Waals surface area contributed by atoms with Crippen LogP contribution in [-0.2, 0) is 5.60 Å². The molecule has 1 aromatic heterocycles. The van der Waals surface area contributed by atoms with E-state index in [9.17, 15) is 14.7 Å². The normalized spacial score (nSPS) is 28.4. The zero-order valence-electron chi connectivity index (χ0n) is 14.6. The van der Waals surface area contributed by atoms with Gasteiger partial charge in [-0.2, -0.15) is 0 Å². The van der Waals surface area contributed by atoms with E-state index in [0.717, 1.165) is 37.4 Å². The third-order valence-corrected chi connectivity index (χ3v) is 5.90. The van der Waals surface area contributed by atoms with Gasteiger partial charge in [-0.25, -0.2) is 4.98 Å². The number of hydrogen-bond donors (Lipinski definition) is 2. The molecule has 2 fully saturated rings. The fraction of sp³-hybridized carbons (Fsp3) is 0.450. The molecule has 6 heteroatoms. The zero-order chi connectivity index (χ0) is 18.1. The molecule has 3 atom stereocenters. The minimum atomic E-state index is -0.901. The summed E-state index contributed by atoms with van der Waals surface area (Å²) >= 11 is 0. The molecule has 2 aromatic rings. The summed E-state index contributed by atoms with van der Waals surface area (Å²) in [6.07, 6.45) is 6.92. The third-order valence-electron chi connectivity index (χ3n) is 5.90. The van der Waals surface area contributed by atoms with Crippen molar-refractivity contribution < 1.29 is 9.90 Å². The number of amides is 1. The first-order chi connectivity index (χ1) is 12.6. The van der Waals surface area contributed by atoms with Crippen LogP contribution in [0.1, 0.15) is 48.2 Å². The van der Waals surface area contributed by atoms with Crippen LogP contribution in [0.4, 0.5) is 0 Å². The summed E-state index contributed by atoms with van der Waals surface area (Å²) in [5.41, 5.74) is -0.0407. The number of nitrogens with one attached hydrogen (secondary N) is 1. The molecule has 2 heterocycles. The number of aromatic nitrogens is 2. The van der Waals surface area contributed by atoms with Gasteiger partial charge in [-0.3, -0.25) is 9.59 Å². The molecule has 1 aliphatic carbocycles. The van der Waals surface area contributed by atoms with Crippen LogP contribution in [0.2, 0.25) is 0 Å². The second-order valence-electron chi connectivity index (χ2n) is 7.29. The number of nitrogens with zero attached hydrogens (tertiary/aromatic N) is 2. The van der Waals surface area contributed by atoms with Crippen LogP contribution in [0.5, 0.6) is 0 Å². The third kappa shape index (κ3) is 2.84. The summed E-state index contributed by atoms with van der Waals surface area (Å²) < 4.78 is 0. The Morgan fingerprint density at radius 1 is 1.23 bits per heavy atom. The lowest BCUT2D eigenvalue weighted by Crippen LogP contribution is -2.59. The molecule has 1 saturated carbocycles. The Labute approximate surface area is 151 Å². The monoisotopic (exact) mass is 353 g/mol. The van der Waals surface area contributed by atoms with Crippen LogP contribution in [0, 0.1) is 5.92 Å². The number of carbonyl (C=O) groups excluding carboxylic acids is 1. The highest BCUT2D eigenvalue weighted by Gasteiger charge is 2.50. The molecule has 0 unspecified atom stereocenters. The van der Waals surface area contributed by atoms with Gasteiger partial charge in [0.2, 0.25) is 0 Å². The summed E-state index contributed by atoms with van der Waals surface area (Å²) in [4.78, 5) is 32.5. The van der Waals surface area contributed by atoms with Crippen molar-refractivity contribution in [2.24, 2.45) is 5.92 Å². The average molecular weight is 353 g/mol. The number of aromatic amines is 1. The van der Waals surface area contributed by atoms with Gasteiger partial charge in [0.25, 0.3) is 11.5 Å². The number of benzene rings is 1. The van der Waals surface area contributed by atoms with E-state index >= 15 is 0 Å². The molecule has 2 N–H and O–H groups in total. The molecule has 1 aliphatic heterocycles. The van der Waals surface area contributed by atoms with Crippen molar-refractivity contribution >= 4 is 5.91 Å². The molecule has 0 spiro atoms. The largest absolute Gasteiger partial charge is 0.385 e. The fourth-order valence-electron chi connectivity index (χ4n) is 4.63. The summed E-state index contributed by atoms with van der Waals surface area (Å²) in [6, 6.07) is 9.80. The number of carbonyl (C=O) groups is 1. The molecule has 2 aliphatic rings. The van der Waals surface area contributed by atoms with Gasteiger partial charge in [0, 0.05) is 24.7 Å². The minimum absolute atomic E-state index is 0.0102. The van der Waals surface area contributed by atoms with Crippen LogP contribution < -0.4 is 5.56 Å². The number of aliphatic hydroxyl groups is 1. The van der Waals surface area contributed by atoms with E-state index in [4.69, 9.17) is 0 Å². The van der Waals surface area contributed by atoms with Crippen molar-refractivity contribution in [3.05, 3.63) is 64.3 Å². The van der Waals surface area contributed by atoms with E-state index in [1.165, 1.54) is 6.20 Å². The van der Waals surface area contributed by atoms with Gasteiger partial charge in [0.15, 0.2) is 0 Å². The van der Waals surface area contributed by atoms with Gasteiger partial charge >= 0.3 is 0 Å². The smallest absolute Gasteiger partial charge is 0.274 e. The lowest BCUT2D eigenvalue weighted by atomic mass is 9.66. The Balaban J connectivity index is 1.65. The predicted octanol–water partition coefficient (Wildman–Crippen LogP) is 2.06. The van der Waals surface area contributed by atoms with Crippen LogP contribution in [-0.4, -0.2) is 38.5 Å². The molecule has 1 amide bonds. The van der Waals surface area contributed by atoms with Gasteiger partial charge in [0.1, 0.15) is 5.69 Å². The Hall–Kier alpha value is -2.47. The molecule has 1 saturated heterocycles. The lowest BCUT2D eigenvalue weighted by molar-refractivity contribution is -0.110. The number of hydrogen-bond acceptors (Lipinski definition) is 4. The number of piperidine rings is 1. The van der Waals surface area contributed by atoms with Crippen LogP contribution in [0.25, 0.3) is 0 Å². The number of rotatable bonds is 2. The van der Waals surface area contributed by atoms with Crippen molar-refractivity contribution in [1.82, 2.24) is 14.9 Å². The highest BCUT2D eigenvalue weighted by atomic mass is 16.3. The highest BCUT2D eigenvalue weighted by molar-refractivity contribution is 5.92. The van der Waals surface area contributed by atoms with Gasteiger partial charge in [-0.05, 0) is 24.8 Å². The number of H-pyrrole nitrogens is 1. The van der Waals surface area contributed by atoms with E-state index in [1.807, 2.05) is 35.2 Å². The Morgan fingerprint density at radius 2 is 2.00 bits per heavy atom. The first kappa shape index (κ1) is 17.0. The summed E-state index contributed by atoms with van der Waals surface area (Å²) in [7, 11) is 0. The number of fused-ring (bicyclic) bond motifs is 1. The second-order valence-corrected chi connectivity index (χ2v) is 7.29. The molecule has 26 heavy (non-hydrogen) atoms. The van der Waals surface area contributed by atoms with Crippen molar-refractivity contribution in [3.8, 4) is 0 Å². The summed E-state index contributed by atoms with van der Waals surface area (Å²) in [6.45, 7) is 0.478. The molecule has 4 rings (SSSR count). The van der Waals surface area contributed by atoms with Gasteiger partial charge in [-0.1, -0.05) is 43.2 Å². The molecule has 0 bridgehead atoms. The molecule has 6 nitrogen and oxygen atoms in total. The molecular weight excluding hydrogens is 330 g/mol. The summed E-state index contributed by atoms with van der Waals surface area (Å²) in [5.74, 6) is -0.160. The quantitative estimate of drug-likeness (QED) is 0.865. The summed E-state index contributed by atoms with van der Waals surface area (Å²) in [5, 5.41) is 11.5. The lowest BCUT2D eigenvalue weighted by Gasteiger charge is -2.52. The average Bonchev–Trinajstić information content (AvgIpc) is 2.69. The van der Waals surface area contributed by atoms with Crippen LogP contribution in [0.15, 0.2) is 47.5 Å². The standard InChI is InChI=1S/C20H23N3O3/c24-18-13-21-16(12-22-18)19(25)23-11-10-20(26,14-6-2-1-3-7-14)15-8-4-5-9-17(15)23/h1-3,6-7,12-13,15,17,26H,4-5,8-11H2,(H,22,24)/t15-,17-,20+/m0/s1. The molecule has 0 radical (unpaired) electrons. The first-order valence-corrected chi connectivity index (χ1v) is 9.23. The SMILES string of the molecule is O=C(c1c[nH]c(=O)cn1)N1CC[C@@](O)(c2ccccc2)[C@H]2CCCC[C@@H]21. The second kappa shape index (κ2) is 6.68. The zero-order valence-corrected chi connectivity index (χ0v) is 14.6. The first-order valence-electron chi connectivity index (χ1n) is 9.23. The van der Waals surface area contributed by atoms with Crippen molar-refractivity contribution in [1.29, 1.82) is 0 Å². The molecular formula is C20H23N3O3. The maximum Gasteiger partial charge on any atom is 0.274 e. The Bertz CT molecular complexity index is 830. The minimum Gasteiger partial charge on any atom is -0.385 e. The Morgan fingerprint density at radius 3 is 2.73 bits per heavy atom. The maximum absolute atomic E-state index is 13.0.